The molecule has 2 fully saturated rings. The van der Waals surface area contributed by atoms with Gasteiger partial charge in [0.2, 0.25) is 17.6 Å². The van der Waals surface area contributed by atoms with E-state index in [4.69, 9.17) is 12.6 Å². The third-order valence-corrected chi connectivity index (χ3v) is 8.02. The molecule has 260 valence electrons. The number of hydrogen-bond acceptors (Lipinski definition) is 9. The highest BCUT2D eigenvalue weighted by Gasteiger charge is 2.40. The van der Waals surface area contributed by atoms with Crippen molar-refractivity contribution in [3.63, 3.8) is 0 Å². The van der Waals surface area contributed by atoms with Gasteiger partial charge >= 0.3 is 23.0 Å². The number of hydrogen-bond donors (Lipinski definition) is 2. The molecule has 18 heteroatoms. The number of nitrogens with zero attached hydrogens (tertiary/aromatic N) is 4. The number of carbonyl (C=O) groups is 2. The molecule has 2 aliphatic heterocycles. The Hall–Kier alpha value is -3.96. The smallest absolute Gasteiger partial charge is 0.356 e. The van der Waals surface area contributed by atoms with Gasteiger partial charge in [0.05, 0.1) is 5.56 Å². The molecule has 2 amide bonds. The lowest BCUT2D eigenvalue weighted by Gasteiger charge is -2.41. The number of anilines is 2. The molecule has 47 heavy (non-hydrogen) atoms. The lowest BCUT2D eigenvalue weighted by atomic mass is 9.92. The van der Waals surface area contributed by atoms with Crippen molar-refractivity contribution < 1.29 is 48.6 Å². The number of benzene rings is 1. The Bertz CT molecular complexity index is 1510. The summed E-state index contributed by atoms with van der Waals surface area (Å²) in [5, 5.41) is 5.52. The van der Waals surface area contributed by atoms with Gasteiger partial charge in [-0.25, -0.2) is 9.97 Å². The van der Waals surface area contributed by atoms with Crippen molar-refractivity contribution in [1.29, 1.82) is 0 Å². The monoisotopic (exact) mass is 694 g/mol. The molecule has 0 unspecified atom stereocenters. The standard InChI is InChI=1S/C29H36F6N6O2.O3S/c1-3-36-25(42)7-4-19-9-13-40(14-10-19)23-17-24(39-27(38-23)29(33,34)35)41-15-11-22(41)26(43)37-12-8-20-5-6-21(16-18(20)2)28(30,31)32;1-4(2)3/h5-6,16-17,19,22H,3-4,7-15H2,1-2H3,(H,36,42)(H,37,43);/t22-;/m0./s1. The summed E-state index contributed by atoms with van der Waals surface area (Å²) in [6.07, 6.45) is -5.94. The van der Waals surface area contributed by atoms with Crippen LogP contribution < -0.4 is 20.4 Å². The van der Waals surface area contributed by atoms with Crippen molar-refractivity contribution in [2.75, 3.05) is 42.5 Å². The van der Waals surface area contributed by atoms with Gasteiger partial charge in [0.25, 0.3) is 0 Å². The molecule has 2 saturated heterocycles. The fraction of sp³-hybridized carbons (Fsp3) is 0.586. The molecule has 0 spiro atoms. The van der Waals surface area contributed by atoms with Gasteiger partial charge in [0.1, 0.15) is 17.7 Å². The van der Waals surface area contributed by atoms with Crippen molar-refractivity contribution in [3.05, 3.63) is 46.8 Å². The first kappa shape index (κ1) is 37.5. The SMILES string of the molecule is CCNC(=O)CCC1CCN(c2cc(N3CC[C@H]3C(=O)NCCc3ccc(C(F)(F)F)cc3C)nc(C(F)(F)F)n2)CC1.O=S(=O)=O. The Balaban J connectivity index is 0.00000142. The lowest BCUT2D eigenvalue weighted by Crippen LogP contribution is -2.57. The third-order valence-electron chi connectivity index (χ3n) is 8.02. The minimum Gasteiger partial charge on any atom is -0.356 e. The van der Waals surface area contributed by atoms with E-state index in [1.165, 1.54) is 17.0 Å². The molecule has 2 aromatic rings. The molecule has 4 rings (SSSR count). The summed E-state index contributed by atoms with van der Waals surface area (Å²) in [5.41, 5.74) is 0.363. The minimum absolute atomic E-state index is 0.0111. The number of alkyl halides is 6. The number of carbonyl (C=O) groups excluding carboxylic acids is 2. The topological polar surface area (TPSA) is 142 Å². The lowest BCUT2D eigenvalue weighted by molar-refractivity contribution is -0.144. The summed E-state index contributed by atoms with van der Waals surface area (Å²) in [6, 6.07) is 4.20. The maximum Gasteiger partial charge on any atom is 0.451 e. The van der Waals surface area contributed by atoms with Crippen LogP contribution in [0.3, 0.4) is 0 Å². The van der Waals surface area contributed by atoms with Crippen LogP contribution in [0.15, 0.2) is 24.3 Å². The number of aryl methyl sites for hydroxylation is 1. The zero-order valence-corrected chi connectivity index (χ0v) is 26.6. The van der Waals surface area contributed by atoms with E-state index in [0.29, 0.717) is 75.8 Å². The predicted octanol–water partition coefficient (Wildman–Crippen LogP) is 3.89. The second kappa shape index (κ2) is 16.2. The molecular weight excluding hydrogens is 658 g/mol. The Morgan fingerprint density at radius 3 is 2.09 bits per heavy atom. The second-order valence-corrected chi connectivity index (χ2v) is 11.6. The van der Waals surface area contributed by atoms with E-state index in [1.54, 1.807) is 11.8 Å². The highest BCUT2D eigenvalue weighted by atomic mass is 32.2. The van der Waals surface area contributed by atoms with Crippen LogP contribution in [-0.4, -0.2) is 73.2 Å². The number of halogens is 6. The van der Waals surface area contributed by atoms with E-state index >= 15 is 0 Å². The van der Waals surface area contributed by atoms with Crippen molar-refractivity contribution in [2.45, 2.75) is 70.8 Å². The van der Waals surface area contributed by atoms with E-state index in [-0.39, 0.29) is 30.0 Å². The van der Waals surface area contributed by atoms with Crippen LogP contribution >= 0.6 is 0 Å². The van der Waals surface area contributed by atoms with Gasteiger partial charge < -0.3 is 20.4 Å². The van der Waals surface area contributed by atoms with Gasteiger partial charge in [0.15, 0.2) is 0 Å². The molecule has 3 heterocycles. The third kappa shape index (κ3) is 11.1. The summed E-state index contributed by atoms with van der Waals surface area (Å²) in [7, 11) is -3.11. The van der Waals surface area contributed by atoms with Crippen molar-refractivity contribution >= 4 is 34.1 Å². The van der Waals surface area contributed by atoms with Crippen LogP contribution in [0.25, 0.3) is 0 Å². The molecule has 1 aromatic heterocycles. The van der Waals surface area contributed by atoms with E-state index < -0.39 is 46.3 Å². The fourth-order valence-corrected chi connectivity index (χ4v) is 5.45. The molecule has 11 nitrogen and oxygen atoms in total. The summed E-state index contributed by atoms with van der Waals surface area (Å²) in [4.78, 5) is 35.5. The maximum absolute atomic E-state index is 13.8. The first-order valence-corrected chi connectivity index (χ1v) is 15.9. The van der Waals surface area contributed by atoms with Gasteiger partial charge in [-0.3, -0.25) is 9.59 Å². The molecule has 2 N–H and O–H groups in total. The fourth-order valence-electron chi connectivity index (χ4n) is 5.45. The summed E-state index contributed by atoms with van der Waals surface area (Å²) >= 11 is 0. The Labute approximate surface area is 269 Å². The largest absolute Gasteiger partial charge is 0.451 e. The first-order chi connectivity index (χ1) is 22.0. The maximum atomic E-state index is 13.8. The molecule has 1 aromatic carbocycles. The van der Waals surface area contributed by atoms with Gasteiger partial charge in [-0.1, -0.05) is 6.07 Å². The van der Waals surface area contributed by atoms with Crippen LogP contribution in [0, 0.1) is 12.8 Å². The molecule has 2 aliphatic rings. The summed E-state index contributed by atoms with van der Waals surface area (Å²) in [5.74, 6) is -1.23. The average molecular weight is 695 g/mol. The summed E-state index contributed by atoms with van der Waals surface area (Å²) < 4.78 is 105. The van der Waals surface area contributed by atoms with Crippen molar-refractivity contribution in [1.82, 2.24) is 20.6 Å². The molecule has 0 saturated carbocycles. The normalized spacial score (nSPS) is 16.9. The van der Waals surface area contributed by atoms with Gasteiger partial charge in [0, 0.05) is 45.2 Å². The van der Waals surface area contributed by atoms with Crippen LogP contribution in [0.4, 0.5) is 38.0 Å². The molecule has 0 aliphatic carbocycles. The Morgan fingerprint density at radius 1 is 0.915 bits per heavy atom. The quantitative estimate of drug-likeness (QED) is 0.355. The van der Waals surface area contributed by atoms with Crippen LogP contribution in [-0.2, 0) is 39.0 Å². The zero-order valence-electron chi connectivity index (χ0n) is 25.7. The summed E-state index contributed by atoms with van der Waals surface area (Å²) in [6.45, 7) is 5.46. The van der Waals surface area contributed by atoms with Gasteiger partial charge in [-0.2, -0.15) is 26.3 Å². The zero-order chi connectivity index (χ0) is 34.9. The number of aromatic nitrogens is 2. The number of piperidine rings is 1. The van der Waals surface area contributed by atoms with Gasteiger partial charge in [-0.05, 0) is 75.1 Å². The molecule has 1 atom stereocenters. The number of nitrogens with one attached hydrogen (secondary N) is 2. The highest BCUT2D eigenvalue weighted by molar-refractivity contribution is 7.59. The number of rotatable bonds is 10. The van der Waals surface area contributed by atoms with Gasteiger partial charge in [-0.15, -0.1) is 12.6 Å². The Kier molecular flexibility index (Phi) is 13.0. The minimum atomic E-state index is -4.78. The predicted molar refractivity (Wildman–Crippen MR) is 158 cm³/mol. The molecular formula is C29H36F6N6O5S. The van der Waals surface area contributed by atoms with Crippen molar-refractivity contribution in [3.8, 4) is 0 Å². The van der Waals surface area contributed by atoms with E-state index in [0.717, 1.165) is 12.1 Å². The highest BCUT2D eigenvalue weighted by Crippen LogP contribution is 2.35. The van der Waals surface area contributed by atoms with E-state index in [1.807, 2.05) is 6.92 Å². The van der Waals surface area contributed by atoms with E-state index in [9.17, 15) is 35.9 Å². The van der Waals surface area contributed by atoms with E-state index in [2.05, 4.69) is 20.6 Å². The Morgan fingerprint density at radius 2 is 1.55 bits per heavy atom. The van der Waals surface area contributed by atoms with Crippen molar-refractivity contribution in [2.24, 2.45) is 5.92 Å². The molecule has 0 bridgehead atoms. The number of amides is 2. The average Bonchev–Trinajstić information content (AvgIpc) is 2.95. The van der Waals surface area contributed by atoms with Crippen LogP contribution in [0.2, 0.25) is 0 Å². The first-order valence-electron chi connectivity index (χ1n) is 14.9. The second-order valence-electron chi connectivity index (χ2n) is 11.2. The van der Waals surface area contributed by atoms with Crippen LogP contribution in [0.5, 0.6) is 0 Å². The molecule has 0 radical (unpaired) electrons. The van der Waals surface area contributed by atoms with Crippen LogP contribution in [0.1, 0.15) is 61.5 Å².